The molecule has 5 atom stereocenters. The molecule has 0 saturated carbocycles. The number of likely N-dealkylation sites (tertiary alicyclic amines) is 1. The van der Waals surface area contributed by atoms with Crippen molar-refractivity contribution in [3.05, 3.63) is 0 Å². The maximum absolute atomic E-state index is 13.2. The summed E-state index contributed by atoms with van der Waals surface area (Å²) < 4.78 is 0. The topological polar surface area (TPSA) is 148 Å². The minimum Gasteiger partial charge on any atom is -0.480 e. The molecule has 11 heteroatoms. The lowest BCUT2D eigenvalue weighted by atomic mass is 10.1. The number of carboxylic acids is 1. The van der Waals surface area contributed by atoms with Crippen LogP contribution < -0.4 is 16.0 Å². The lowest BCUT2D eigenvalue weighted by molar-refractivity contribution is -0.147. The predicted molar refractivity (Wildman–Crippen MR) is 112 cm³/mol. The summed E-state index contributed by atoms with van der Waals surface area (Å²) in [5.74, 6) is -1.84. The number of rotatable bonds is 10. The quantitative estimate of drug-likeness (QED) is 0.286. The molecule has 2 aliphatic heterocycles. The Bertz CT molecular complexity index is 641. The predicted octanol–water partition coefficient (Wildman–Crippen LogP) is -1.08. The van der Waals surface area contributed by atoms with E-state index in [1.807, 2.05) is 6.26 Å². The Kier molecular flexibility index (Phi) is 9.37. The van der Waals surface area contributed by atoms with E-state index >= 15 is 0 Å². The van der Waals surface area contributed by atoms with Crippen molar-refractivity contribution in [1.82, 2.24) is 20.9 Å². The molecule has 2 heterocycles. The van der Waals surface area contributed by atoms with Gasteiger partial charge in [0.1, 0.15) is 12.1 Å². The minimum absolute atomic E-state index is 0.216. The Balaban J connectivity index is 2.07. The summed E-state index contributed by atoms with van der Waals surface area (Å²) in [5.41, 5.74) is 0. The first-order valence-electron chi connectivity index (χ1n) is 10.3. The third-order valence-corrected chi connectivity index (χ3v) is 6.13. The van der Waals surface area contributed by atoms with E-state index in [0.29, 0.717) is 31.6 Å². The van der Waals surface area contributed by atoms with Crippen LogP contribution in [-0.2, 0) is 19.2 Å². The van der Waals surface area contributed by atoms with Crippen LogP contribution >= 0.6 is 11.8 Å². The number of thioether (sulfide) groups is 1. The maximum Gasteiger partial charge on any atom is 0.328 e. The fourth-order valence-electron chi connectivity index (χ4n) is 3.82. The molecule has 170 valence electrons. The van der Waals surface area contributed by atoms with Gasteiger partial charge < -0.3 is 31.1 Å². The molecule has 0 aromatic carbocycles. The van der Waals surface area contributed by atoms with Crippen LogP contribution in [-0.4, -0.2) is 94.2 Å². The Morgan fingerprint density at radius 1 is 1.17 bits per heavy atom. The van der Waals surface area contributed by atoms with Gasteiger partial charge >= 0.3 is 5.97 Å². The number of nitrogens with one attached hydrogen (secondary N) is 3. The standard InChI is InChI=1S/C19H32N4O6S/c1-11(24)15(19(28)29)22-17(26)14-6-4-9-23(14)18(27)13(7-10-30-2)21-16(25)12-5-3-8-20-12/h11-15,20,24H,3-10H2,1-2H3,(H,21,25)(H,22,26)(H,28,29). The van der Waals surface area contributed by atoms with E-state index in [9.17, 15) is 29.4 Å². The van der Waals surface area contributed by atoms with Gasteiger partial charge in [0.2, 0.25) is 17.7 Å². The molecule has 0 aromatic heterocycles. The molecule has 0 aromatic rings. The minimum atomic E-state index is -1.45. The van der Waals surface area contributed by atoms with E-state index in [-0.39, 0.29) is 17.9 Å². The van der Waals surface area contributed by atoms with Gasteiger partial charge in [-0.2, -0.15) is 11.8 Å². The average molecular weight is 445 g/mol. The first kappa shape index (κ1) is 24.4. The summed E-state index contributed by atoms with van der Waals surface area (Å²) in [6.07, 6.45) is 3.71. The molecule has 2 rings (SSSR count). The Hall–Kier alpha value is -1.85. The highest BCUT2D eigenvalue weighted by Gasteiger charge is 2.39. The molecular weight excluding hydrogens is 412 g/mol. The van der Waals surface area contributed by atoms with Gasteiger partial charge in [-0.3, -0.25) is 14.4 Å². The van der Waals surface area contributed by atoms with Gasteiger partial charge in [0, 0.05) is 6.54 Å². The largest absolute Gasteiger partial charge is 0.480 e. The van der Waals surface area contributed by atoms with Crippen molar-refractivity contribution in [1.29, 1.82) is 0 Å². The number of aliphatic hydroxyl groups excluding tert-OH is 1. The highest BCUT2D eigenvalue weighted by molar-refractivity contribution is 7.98. The van der Waals surface area contributed by atoms with Gasteiger partial charge in [0.25, 0.3) is 0 Å². The fraction of sp³-hybridized carbons (Fsp3) is 0.789. The van der Waals surface area contributed by atoms with Crippen LogP contribution in [0, 0.1) is 0 Å². The molecule has 0 bridgehead atoms. The van der Waals surface area contributed by atoms with Crippen molar-refractivity contribution in [3.63, 3.8) is 0 Å². The first-order chi connectivity index (χ1) is 14.3. The maximum atomic E-state index is 13.2. The first-order valence-corrected chi connectivity index (χ1v) is 11.7. The monoisotopic (exact) mass is 444 g/mol. The molecule has 2 aliphatic rings. The number of carbonyl (C=O) groups excluding carboxylic acids is 3. The molecule has 30 heavy (non-hydrogen) atoms. The summed E-state index contributed by atoms with van der Waals surface area (Å²) in [6.45, 7) is 2.40. The summed E-state index contributed by atoms with van der Waals surface area (Å²) in [6, 6.07) is -3.32. The van der Waals surface area contributed by atoms with Gasteiger partial charge in [-0.15, -0.1) is 0 Å². The number of aliphatic carboxylic acids is 1. The molecule has 3 amide bonds. The number of aliphatic hydroxyl groups is 1. The van der Waals surface area contributed by atoms with Crippen molar-refractivity contribution in [2.24, 2.45) is 0 Å². The second-order valence-electron chi connectivity index (χ2n) is 7.75. The summed E-state index contributed by atoms with van der Waals surface area (Å²) in [5, 5.41) is 27.1. The Morgan fingerprint density at radius 2 is 1.90 bits per heavy atom. The van der Waals surface area contributed by atoms with E-state index < -0.39 is 36.1 Å². The average Bonchev–Trinajstić information content (AvgIpc) is 3.39. The number of hydrogen-bond acceptors (Lipinski definition) is 7. The van der Waals surface area contributed by atoms with Crippen molar-refractivity contribution >= 4 is 35.5 Å². The summed E-state index contributed by atoms with van der Waals surface area (Å²) in [4.78, 5) is 51.1. The molecular formula is C19H32N4O6S. The third-order valence-electron chi connectivity index (χ3n) is 5.49. The van der Waals surface area contributed by atoms with Gasteiger partial charge in [0.05, 0.1) is 12.1 Å². The lowest BCUT2D eigenvalue weighted by Crippen LogP contribution is -2.57. The van der Waals surface area contributed by atoms with Crippen LogP contribution in [0.3, 0.4) is 0 Å². The van der Waals surface area contributed by atoms with E-state index in [1.54, 1.807) is 11.8 Å². The zero-order valence-corrected chi connectivity index (χ0v) is 18.2. The molecule has 2 saturated heterocycles. The number of carbonyl (C=O) groups is 4. The van der Waals surface area contributed by atoms with Crippen LogP contribution in [0.25, 0.3) is 0 Å². The fourth-order valence-corrected chi connectivity index (χ4v) is 4.29. The Labute approximate surface area is 180 Å². The van der Waals surface area contributed by atoms with Crippen LogP contribution in [0.1, 0.15) is 39.0 Å². The summed E-state index contributed by atoms with van der Waals surface area (Å²) >= 11 is 1.56. The highest BCUT2D eigenvalue weighted by atomic mass is 32.2. The Morgan fingerprint density at radius 3 is 2.47 bits per heavy atom. The van der Waals surface area contributed by atoms with Gasteiger partial charge in [0.15, 0.2) is 6.04 Å². The number of amides is 3. The summed E-state index contributed by atoms with van der Waals surface area (Å²) in [7, 11) is 0. The van der Waals surface area contributed by atoms with Gasteiger partial charge in [-0.1, -0.05) is 0 Å². The zero-order chi connectivity index (χ0) is 22.3. The van der Waals surface area contributed by atoms with Crippen molar-refractivity contribution in [2.45, 2.75) is 69.3 Å². The van der Waals surface area contributed by atoms with E-state index in [4.69, 9.17) is 0 Å². The molecule has 0 aliphatic carbocycles. The molecule has 5 unspecified atom stereocenters. The molecule has 0 spiro atoms. The number of carboxylic acid groups (broad SMARTS) is 1. The smallest absolute Gasteiger partial charge is 0.328 e. The van der Waals surface area contributed by atoms with Crippen LogP contribution in [0.15, 0.2) is 0 Å². The van der Waals surface area contributed by atoms with E-state index in [0.717, 1.165) is 19.4 Å². The van der Waals surface area contributed by atoms with E-state index in [1.165, 1.54) is 11.8 Å². The van der Waals surface area contributed by atoms with Crippen LogP contribution in [0.5, 0.6) is 0 Å². The van der Waals surface area contributed by atoms with Crippen molar-refractivity contribution in [2.75, 3.05) is 25.1 Å². The van der Waals surface area contributed by atoms with Gasteiger partial charge in [-0.05, 0) is 57.6 Å². The van der Waals surface area contributed by atoms with E-state index in [2.05, 4.69) is 16.0 Å². The SMILES string of the molecule is CSCCC(NC(=O)C1CCCN1)C(=O)N1CCCC1C(=O)NC(C(=O)O)C(C)O. The van der Waals surface area contributed by atoms with Crippen molar-refractivity contribution < 1.29 is 29.4 Å². The number of hydrogen-bond donors (Lipinski definition) is 5. The highest BCUT2D eigenvalue weighted by Crippen LogP contribution is 2.20. The van der Waals surface area contributed by atoms with Crippen molar-refractivity contribution in [3.8, 4) is 0 Å². The lowest BCUT2D eigenvalue weighted by Gasteiger charge is -2.30. The zero-order valence-electron chi connectivity index (χ0n) is 17.4. The normalized spacial score (nSPS) is 24.2. The van der Waals surface area contributed by atoms with Gasteiger partial charge in [-0.25, -0.2) is 4.79 Å². The second kappa shape index (κ2) is 11.5. The van der Waals surface area contributed by atoms with Crippen LogP contribution in [0.4, 0.5) is 0 Å². The third kappa shape index (κ3) is 6.32. The number of nitrogens with zero attached hydrogens (tertiary/aromatic N) is 1. The second-order valence-corrected chi connectivity index (χ2v) is 8.73. The molecule has 2 fully saturated rings. The molecule has 10 nitrogen and oxygen atoms in total. The molecule has 5 N–H and O–H groups in total. The molecule has 0 radical (unpaired) electrons. The van der Waals surface area contributed by atoms with Crippen LogP contribution in [0.2, 0.25) is 0 Å².